The van der Waals surface area contributed by atoms with E-state index in [4.69, 9.17) is 18.9 Å². The summed E-state index contributed by atoms with van der Waals surface area (Å²) in [6, 6.07) is 25.4. The lowest BCUT2D eigenvalue weighted by Gasteiger charge is -2.08. The van der Waals surface area contributed by atoms with E-state index in [0.717, 1.165) is 82.1 Å². The molecule has 0 radical (unpaired) electrons. The van der Waals surface area contributed by atoms with Crippen molar-refractivity contribution in [3.63, 3.8) is 0 Å². The fourth-order valence-electron chi connectivity index (χ4n) is 8.62. The number of carbonyl (C=O) groups is 1. The minimum Gasteiger partial charge on any atom is -0.617 e. The first-order valence-corrected chi connectivity index (χ1v) is 30.2. The number of hydrogen-bond acceptors (Lipinski definition) is 20. The van der Waals surface area contributed by atoms with Crippen molar-refractivity contribution in [3.05, 3.63) is 230 Å². The number of halogens is 12. The quantitative estimate of drug-likeness (QED) is 0.0330. The summed E-state index contributed by atoms with van der Waals surface area (Å²) in [5, 5.41) is 23.9. The van der Waals surface area contributed by atoms with Crippen LogP contribution in [0.15, 0.2) is 155 Å². The highest BCUT2D eigenvalue weighted by Crippen LogP contribution is 2.38. The Labute approximate surface area is 551 Å². The van der Waals surface area contributed by atoms with Crippen LogP contribution in [0.25, 0.3) is 65.9 Å². The van der Waals surface area contributed by atoms with Gasteiger partial charge in [0.25, 0.3) is 5.01 Å². The predicted molar refractivity (Wildman–Crippen MR) is 324 cm³/mol. The largest absolute Gasteiger partial charge is 0.617 e. The molecule has 6 heterocycles. The van der Waals surface area contributed by atoms with Crippen molar-refractivity contribution in [1.29, 1.82) is 0 Å². The van der Waals surface area contributed by atoms with Gasteiger partial charge in [0.15, 0.2) is 17.5 Å². The molecule has 0 atom stereocenters. The second kappa shape index (κ2) is 29.1. The molecule has 0 amide bonds. The van der Waals surface area contributed by atoms with Crippen molar-refractivity contribution in [2.45, 2.75) is 65.7 Å². The number of ether oxygens (including phenoxy) is 4. The topological polar surface area (TPSA) is 283 Å². The molecule has 3 N–H and O–H groups in total. The molecule has 21 nitrogen and oxygen atoms in total. The zero-order valence-corrected chi connectivity index (χ0v) is 52.2. The SMILES string of the molecule is CC(=O)OCc1nc(-c2ccc(C(F)(F)F)cc2)sc1COc1ccc(-c2noc(=O)[nH]2)c(F)c1.Cc1c(COc2ccc(-c3noc(=O)[nH]3)c(F)c2)sc(-c2ccc(C(F)(F)F)cc2)[n+]1[O-].Cc1nc(-c2ccc(C(F)(F)F)cc2)sc1COc1ccc(-c2noc(=O)[nH]2)c(F)c1. The fraction of sp³-hybridized carbons (Fsp3) is 0.161. The van der Waals surface area contributed by atoms with Crippen LogP contribution in [0.1, 0.15) is 55.3 Å². The number of aromatic nitrogens is 9. The molecular weight excluding hydrogens is 1390 g/mol. The van der Waals surface area contributed by atoms with Gasteiger partial charge in [-0.1, -0.05) is 51.1 Å². The Balaban J connectivity index is 0.000000160. The number of rotatable bonds is 17. The van der Waals surface area contributed by atoms with Crippen molar-refractivity contribution < 1.29 is 94.7 Å². The van der Waals surface area contributed by atoms with E-state index < -0.39 is 75.9 Å². The fourth-order valence-corrected chi connectivity index (χ4v) is 11.6. The lowest BCUT2D eigenvalue weighted by atomic mass is 10.1. The van der Waals surface area contributed by atoms with Crippen molar-refractivity contribution >= 4 is 40.0 Å². The molecule has 0 aliphatic rings. The van der Waals surface area contributed by atoms with Gasteiger partial charge in [0.2, 0.25) is 5.69 Å². The molecule has 0 unspecified atom stereocenters. The molecule has 0 saturated heterocycles. The maximum atomic E-state index is 14.5. The standard InChI is InChI=1S/C22H15F4N3O5S.C20H13F4N3O4S.C20H13F4N3O3S/c1-11(30)32-9-17-18(35-20(27-17)12-2-4-13(5-3-12)22(24,25)26)10-33-14-6-7-15(16(23)8-14)19-28-21(31)34-29-19;1-10-16(32-18(27(10)29)11-2-4-12(5-3-11)20(22,23)24)9-30-13-6-7-14(15(21)8-13)17-25-19(28)31-26-17;1-10-16(31-18(25-10)11-2-4-12(5-3-11)20(22,23)24)9-29-13-6-7-14(15(21)8-13)17-26-19(28)30-27-17/h2-8H,9-10H2,1H3,(H,28,29,31);2-8H,9H2,1H3,(H,25,26,28);2-8H,9H2,1H3,(H,26,27,28). The highest BCUT2D eigenvalue weighted by Gasteiger charge is 2.33. The molecule has 0 aliphatic carbocycles. The molecule has 98 heavy (non-hydrogen) atoms. The Morgan fingerprint density at radius 1 is 0.490 bits per heavy atom. The molecule has 0 spiro atoms. The molecule has 0 fully saturated rings. The number of nitrogens with one attached hydrogen (secondary N) is 3. The first kappa shape index (κ1) is 69.7. The van der Waals surface area contributed by atoms with Gasteiger partial charge >= 0.3 is 41.8 Å². The van der Waals surface area contributed by atoms with E-state index in [-0.39, 0.29) is 82.8 Å². The number of aromatic amines is 3. The molecule has 6 aromatic carbocycles. The van der Waals surface area contributed by atoms with Gasteiger partial charge in [0.05, 0.1) is 60.1 Å². The Morgan fingerprint density at radius 2 is 0.847 bits per heavy atom. The van der Waals surface area contributed by atoms with E-state index in [1.165, 1.54) is 91.1 Å². The van der Waals surface area contributed by atoms with Gasteiger partial charge in [-0.25, -0.2) is 37.5 Å². The first-order chi connectivity index (χ1) is 46.4. The molecule has 0 aliphatic heterocycles. The van der Waals surface area contributed by atoms with Gasteiger partial charge < -0.3 is 24.2 Å². The van der Waals surface area contributed by atoms with Crippen LogP contribution in [0.5, 0.6) is 17.2 Å². The van der Waals surface area contributed by atoms with Crippen LogP contribution in [0, 0.1) is 36.5 Å². The average Bonchev–Trinajstić information content (AvgIpc) is 1.65. The summed E-state index contributed by atoms with van der Waals surface area (Å²) >= 11 is 3.49. The summed E-state index contributed by atoms with van der Waals surface area (Å²) in [5.74, 6) is -4.67. The summed E-state index contributed by atoms with van der Waals surface area (Å²) in [7, 11) is 0. The maximum Gasteiger partial charge on any atom is 0.439 e. The highest BCUT2D eigenvalue weighted by atomic mass is 32.1. The number of H-pyrrole nitrogens is 3. The lowest BCUT2D eigenvalue weighted by molar-refractivity contribution is -0.596. The molecule has 36 heteroatoms. The molecule has 508 valence electrons. The van der Waals surface area contributed by atoms with E-state index in [9.17, 15) is 77.1 Å². The van der Waals surface area contributed by atoms with Crippen LogP contribution in [0.4, 0.5) is 52.7 Å². The van der Waals surface area contributed by atoms with E-state index in [1.54, 1.807) is 13.8 Å². The minimum absolute atomic E-state index is 0.00104. The summed E-state index contributed by atoms with van der Waals surface area (Å²) < 4.78 is 194. The number of carbonyl (C=O) groups excluding carboxylic acids is 1. The molecule has 0 bridgehead atoms. The van der Waals surface area contributed by atoms with Gasteiger partial charge in [0, 0.05) is 43.2 Å². The van der Waals surface area contributed by atoms with Crippen molar-refractivity contribution in [1.82, 2.24) is 40.4 Å². The third kappa shape index (κ3) is 17.1. The van der Waals surface area contributed by atoms with Crippen LogP contribution in [0.3, 0.4) is 0 Å². The minimum atomic E-state index is -4.47. The van der Waals surface area contributed by atoms with Gasteiger partial charge in [-0.2, -0.15) is 44.2 Å². The average molecular weight is 1430 g/mol. The Hall–Kier alpha value is -11.1. The van der Waals surface area contributed by atoms with Crippen molar-refractivity contribution in [2.24, 2.45) is 0 Å². The number of thiazole rings is 3. The number of alkyl halides is 9. The molecule has 12 aromatic rings. The smallest absolute Gasteiger partial charge is 0.439 e. The third-order valence-corrected chi connectivity index (χ3v) is 17.1. The maximum absolute atomic E-state index is 14.5. The van der Waals surface area contributed by atoms with E-state index in [0.29, 0.717) is 58.3 Å². The number of aryl methyl sites for hydroxylation is 1. The third-order valence-electron chi connectivity index (χ3n) is 13.6. The second-order valence-electron chi connectivity index (χ2n) is 20.3. The van der Waals surface area contributed by atoms with Crippen molar-refractivity contribution in [2.75, 3.05) is 0 Å². The predicted octanol–water partition coefficient (Wildman–Crippen LogP) is 14.6. The number of nitrogens with zero attached hydrogens (tertiary/aromatic N) is 6. The summed E-state index contributed by atoms with van der Waals surface area (Å²) in [4.78, 5) is 61.7. The van der Waals surface area contributed by atoms with E-state index in [2.05, 4.69) is 54.0 Å². The number of hydrogen-bond donors (Lipinski definition) is 3. The van der Waals surface area contributed by atoms with E-state index >= 15 is 0 Å². The Morgan fingerprint density at radius 3 is 1.20 bits per heavy atom. The second-order valence-corrected chi connectivity index (χ2v) is 23.5. The first-order valence-electron chi connectivity index (χ1n) is 27.7. The van der Waals surface area contributed by atoms with Crippen LogP contribution in [-0.4, -0.2) is 46.4 Å². The van der Waals surface area contributed by atoms with E-state index in [1.807, 2.05) is 0 Å². The summed E-state index contributed by atoms with van der Waals surface area (Å²) in [5.41, 5.74) is 0.418. The zero-order valence-electron chi connectivity index (χ0n) is 49.8. The van der Waals surface area contributed by atoms with Gasteiger partial charge in [-0.05, 0) is 91.9 Å². The lowest BCUT2D eigenvalue weighted by Crippen LogP contribution is -2.29. The van der Waals surface area contributed by atoms with Crippen LogP contribution in [-0.2, 0) is 54.5 Å². The van der Waals surface area contributed by atoms with Gasteiger partial charge in [-0.15, -0.1) is 22.7 Å². The summed E-state index contributed by atoms with van der Waals surface area (Å²) in [6.07, 6.45) is -13.3. The normalized spacial score (nSPS) is 11.6. The Kier molecular flexibility index (Phi) is 20.7. The monoisotopic (exact) mass is 1430 g/mol. The highest BCUT2D eigenvalue weighted by molar-refractivity contribution is 7.15. The van der Waals surface area contributed by atoms with Crippen LogP contribution < -0.4 is 36.2 Å². The zero-order chi connectivity index (χ0) is 70.4. The molecule has 12 rings (SSSR count). The summed E-state index contributed by atoms with van der Waals surface area (Å²) in [6.45, 7) is 4.34. The molecule has 0 saturated carbocycles. The number of esters is 1. The van der Waals surface area contributed by atoms with Gasteiger partial charge in [-0.3, -0.25) is 33.3 Å². The van der Waals surface area contributed by atoms with Crippen LogP contribution in [0.2, 0.25) is 0 Å². The number of benzene rings is 6. The molecule has 6 aromatic heterocycles. The van der Waals surface area contributed by atoms with Crippen LogP contribution >= 0.6 is 34.0 Å². The Bertz CT molecular complexity index is 5000. The van der Waals surface area contributed by atoms with Gasteiger partial charge in [0.1, 0.15) is 76.0 Å². The van der Waals surface area contributed by atoms with Crippen molar-refractivity contribution in [3.8, 4) is 83.1 Å². The molecular formula is C62H41F12N9O12S3.